The zero-order valence-corrected chi connectivity index (χ0v) is 12.0. The highest BCUT2D eigenvalue weighted by Crippen LogP contribution is 2.37. The molecular weight excluding hydrogens is 302 g/mol. The Morgan fingerprint density at radius 3 is 3.00 bits per heavy atom. The van der Waals surface area contributed by atoms with Crippen molar-refractivity contribution in [2.24, 2.45) is 0 Å². The molecule has 0 aliphatic heterocycles. The van der Waals surface area contributed by atoms with Gasteiger partial charge in [-0.25, -0.2) is 0 Å². The van der Waals surface area contributed by atoms with E-state index < -0.39 is 0 Å². The number of nitrogens with zero attached hydrogens (tertiary/aromatic N) is 1. The first-order valence-corrected chi connectivity index (χ1v) is 6.70. The predicted octanol–water partition coefficient (Wildman–Crippen LogP) is 4.83. The van der Waals surface area contributed by atoms with Crippen molar-refractivity contribution >= 4 is 38.4 Å². The Bertz CT molecular complexity index is 544. The molecule has 0 saturated carbocycles. The fourth-order valence-electron chi connectivity index (χ4n) is 1.54. The average Bonchev–Trinajstić information content (AvgIpc) is 2.34. The fourth-order valence-corrected chi connectivity index (χ4v) is 2.47. The van der Waals surface area contributed by atoms with Crippen LogP contribution in [0.4, 0.5) is 0 Å². The molecule has 0 N–H and O–H groups in total. The van der Waals surface area contributed by atoms with E-state index in [-0.39, 0.29) is 6.10 Å². The summed E-state index contributed by atoms with van der Waals surface area (Å²) < 4.78 is 6.78. The summed E-state index contributed by atoms with van der Waals surface area (Å²) in [6.07, 6.45) is 2.80. The third-order valence-electron chi connectivity index (χ3n) is 2.64. The number of hydrogen-bond donors (Lipinski definition) is 0. The van der Waals surface area contributed by atoms with Crippen LogP contribution >= 0.6 is 27.5 Å². The van der Waals surface area contributed by atoms with Crippen molar-refractivity contribution in [3.05, 3.63) is 33.9 Å². The maximum absolute atomic E-state index is 6.21. The molecule has 1 heterocycles. The summed E-state index contributed by atoms with van der Waals surface area (Å²) in [4.78, 5) is 4.35. The largest absolute Gasteiger partial charge is 0.487 e. The number of fused-ring (bicyclic) bond motifs is 1. The topological polar surface area (TPSA) is 22.1 Å². The lowest BCUT2D eigenvalue weighted by molar-refractivity contribution is 0.220. The van der Waals surface area contributed by atoms with Crippen LogP contribution in [0, 0.1) is 0 Å². The minimum Gasteiger partial charge on any atom is -0.487 e. The smallest absolute Gasteiger partial charge is 0.164 e. The van der Waals surface area contributed by atoms with Gasteiger partial charge >= 0.3 is 0 Å². The van der Waals surface area contributed by atoms with E-state index in [4.69, 9.17) is 16.3 Å². The quantitative estimate of drug-likeness (QED) is 0.809. The van der Waals surface area contributed by atoms with Gasteiger partial charge in [0.25, 0.3) is 0 Å². The van der Waals surface area contributed by atoms with Crippen molar-refractivity contribution in [1.82, 2.24) is 4.98 Å². The van der Waals surface area contributed by atoms with Gasteiger partial charge in [-0.2, -0.15) is 0 Å². The van der Waals surface area contributed by atoms with Crippen molar-refractivity contribution < 1.29 is 4.74 Å². The van der Waals surface area contributed by atoms with Gasteiger partial charge in [-0.3, -0.25) is 4.98 Å². The van der Waals surface area contributed by atoms with Gasteiger partial charge in [-0.1, -0.05) is 40.5 Å². The Balaban J connectivity index is 2.61. The molecule has 90 valence electrons. The van der Waals surface area contributed by atoms with Crippen LogP contribution in [0.5, 0.6) is 5.75 Å². The summed E-state index contributed by atoms with van der Waals surface area (Å²) >= 11 is 9.70. The Morgan fingerprint density at radius 2 is 2.29 bits per heavy atom. The molecule has 0 unspecified atom stereocenters. The highest BCUT2D eigenvalue weighted by molar-refractivity contribution is 9.10. The van der Waals surface area contributed by atoms with E-state index in [9.17, 15) is 0 Å². The second-order valence-corrected chi connectivity index (χ2v) is 5.17. The Labute approximate surface area is 114 Å². The number of halogens is 2. The van der Waals surface area contributed by atoms with Crippen LogP contribution in [0.25, 0.3) is 10.9 Å². The summed E-state index contributed by atoms with van der Waals surface area (Å²) in [5.74, 6) is 0.666. The monoisotopic (exact) mass is 313 g/mol. The van der Waals surface area contributed by atoms with Crippen molar-refractivity contribution in [1.29, 1.82) is 0 Å². The lowest BCUT2D eigenvalue weighted by Crippen LogP contribution is -2.10. The number of benzene rings is 1. The molecule has 0 saturated heterocycles. The molecule has 2 rings (SSSR count). The van der Waals surface area contributed by atoms with Gasteiger partial charge in [-0.05, 0) is 25.5 Å². The molecule has 0 radical (unpaired) electrons. The maximum Gasteiger partial charge on any atom is 0.164 e. The van der Waals surface area contributed by atoms with E-state index in [1.165, 1.54) is 0 Å². The number of ether oxygens (including phenoxy) is 1. The Kier molecular flexibility index (Phi) is 3.89. The Hall–Kier alpha value is -0.800. The van der Waals surface area contributed by atoms with Gasteiger partial charge in [0.05, 0.1) is 11.1 Å². The van der Waals surface area contributed by atoms with Crippen LogP contribution in [-0.2, 0) is 0 Å². The minimum absolute atomic E-state index is 0.124. The molecule has 1 aromatic heterocycles. The van der Waals surface area contributed by atoms with Crippen molar-refractivity contribution in [3.63, 3.8) is 0 Å². The molecule has 0 spiro atoms. The normalized spacial score (nSPS) is 12.7. The van der Waals surface area contributed by atoms with Crippen LogP contribution in [0.15, 0.2) is 28.9 Å². The second-order valence-electron chi connectivity index (χ2n) is 3.91. The van der Waals surface area contributed by atoms with Crippen LogP contribution in [-0.4, -0.2) is 11.1 Å². The average molecular weight is 315 g/mol. The van der Waals surface area contributed by atoms with Gasteiger partial charge < -0.3 is 4.74 Å². The highest BCUT2D eigenvalue weighted by Gasteiger charge is 2.13. The Morgan fingerprint density at radius 1 is 1.53 bits per heavy atom. The van der Waals surface area contributed by atoms with Crippen molar-refractivity contribution in [3.8, 4) is 5.75 Å². The highest BCUT2D eigenvalue weighted by atomic mass is 79.9. The molecule has 0 fully saturated rings. The maximum atomic E-state index is 6.21. The molecule has 4 heteroatoms. The number of aromatic nitrogens is 1. The lowest BCUT2D eigenvalue weighted by Gasteiger charge is -2.16. The van der Waals surface area contributed by atoms with E-state index in [1.54, 1.807) is 6.20 Å². The first-order valence-electron chi connectivity index (χ1n) is 5.52. The third kappa shape index (κ3) is 2.55. The van der Waals surface area contributed by atoms with E-state index >= 15 is 0 Å². The van der Waals surface area contributed by atoms with Gasteiger partial charge in [0.1, 0.15) is 5.52 Å². The molecule has 0 aliphatic carbocycles. The van der Waals surface area contributed by atoms with Crippen molar-refractivity contribution in [2.75, 3.05) is 0 Å². The molecule has 1 aromatic carbocycles. The first-order chi connectivity index (χ1) is 8.13. The molecule has 0 aliphatic rings. The zero-order chi connectivity index (χ0) is 12.4. The molecule has 2 aromatic rings. The van der Waals surface area contributed by atoms with Crippen LogP contribution < -0.4 is 4.74 Å². The molecule has 0 bridgehead atoms. The number of pyridine rings is 1. The summed E-state index contributed by atoms with van der Waals surface area (Å²) in [6.45, 7) is 4.10. The zero-order valence-electron chi connectivity index (χ0n) is 9.71. The summed E-state index contributed by atoms with van der Waals surface area (Å²) in [5, 5.41) is 1.60. The van der Waals surface area contributed by atoms with E-state index in [1.807, 2.05) is 25.1 Å². The standard InChI is InChI=1S/C13H13BrClNO/c1-3-8(2)17-13-11(15)7-10(14)9-5-4-6-16-12(9)13/h4-8H,3H2,1-2H3/t8-/m1/s1. The van der Waals surface area contributed by atoms with Gasteiger partial charge in [0, 0.05) is 16.1 Å². The van der Waals surface area contributed by atoms with Gasteiger partial charge in [-0.15, -0.1) is 0 Å². The van der Waals surface area contributed by atoms with Gasteiger partial charge in [0.15, 0.2) is 5.75 Å². The van der Waals surface area contributed by atoms with Gasteiger partial charge in [0.2, 0.25) is 0 Å². The van der Waals surface area contributed by atoms with Crippen LogP contribution in [0.2, 0.25) is 5.02 Å². The molecular formula is C13H13BrClNO. The lowest BCUT2D eigenvalue weighted by atomic mass is 10.2. The van der Waals surface area contributed by atoms with E-state index in [2.05, 4.69) is 27.8 Å². The summed E-state index contributed by atoms with van der Waals surface area (Å²) in [7, 11) is 0. The molecule has 2 nitrogen and oxygen atoms in total. The van der Waals surface area contributed by atoms with Crippen molar-refractivity contribution in [2.45, 2.75) is 26.4 Å². The number of rotatable bonds is 3. The molecule has 1 atom stereocenters. The minimum atomic E-state index is 0.124. The molecule has 17 heavy (non-hydrogen) atoms. The molecule has 0 amide bonds. The summed E-state index contributed by atoms with van der Waals surface area (Å²) in [5.41, 5.74) is 0.798. The first kappa shape index (κ1) is 12.7. The van der Waals surface area contributed by atoms with Crippen LogP contribution in [0.3, 0.4) is 0 Å². The number of hydrogen-bond acceptors (Lipinski definition) is 2. The summed E-state index contributed by atoms with van der Waals surface area (Å²) in [6, 6.07) is 5.74. The SMILES string of the molecule is CC[C@@H](C)Oc1c(Cl)cc(Br)c2cccnc12. The second kappa shape index (κ2) is 5.23. The van der Waals surface area contributed by atoms with E-state index in [0.29, 0.717) is 10.8 Å². The van der Waals surface area contributed by atoms with Crippen LogP contribution in [0.1, 0.15) is 20.3 Å². The van der Waals surface area contributed by atoms with E-state index in [0.717, 1.165) is 21.8 Å². The third-order valence-corrected chi connectivity index (χ3v) is 3.58. The fraction of sp³-hybridized carbons (Fsp3) is 0.308. The predicted molar refractivity (Wildman–Crippen MR) is 74.8 cm³/mol.